The van der Waals surface area contributed by atoms with Crippen LogP contribution in [0.3, 0.4) is 0 Å². The average molecular weight is 912 g/mol. The maximum Gasteiger partial charge on any atom is 0.186 e. The monoisotopic (exact) mass is 912 g/mol. The number of aliphatic hydroxyl groups excluding tert-OH is 6. The number of hydrogen-bond donors (Lipinski definition) is 6. The number of aryl methyl sites for hydroxylation is 4. The van der Waals surface area contributed by atoms with Gasteiger partial charge >= 0.3 is 0 Å². The van der Waals surface area contributed by atoms with Gasteiger partial charge in [0.15, 0.2) is 6.29 Å². The summed E-state index contributed by atoms with van der Waals surface area (Å²) >= 11 is 0. The second-order valence-electron chi connectivity index (χ2n) is 18.9. The van der Waals surface area contributed by atoms with Crippen LogP contribution >= 0.6 is 0 Å². The first-order chi connectivity index (χ1) is 31.7. The third kappa shape index (κ3) is 20.6. The van der Waals surface area contributed by atoms with Crippen molar-refractivity contribution < 1.29 is 40.1 Å². The van der Waals surface area contributed by atoms with Gasteiger partial charge in [0, 0.05) is 24.5 Å². The van der Waals surface area contributed by atoms with Gasteiger partial charge in [-0.3, -0.25) is 4.68 Å². The van der Waals surface area contributed by atoms with Gasteiger partial charge in [-0.15, -0.1) is 5.10 Å². The number of unbranched alkanes of at least 4 members (excludes halogenated alkanes) is 23. The molecular formula is C52H89N5O8. The molecule has 0 amide bonds. The van der Waals surface area contributed by atoms with E-state index in [2.05, 4.69) is 53.5 Å². The zero-order valence-corrected chi connectivity index (χ0v) is 40.3. The summed E-state index contributed by atoms with van der Waals surface area (Å²) < 4.78 is 14.7. The Hall–Kier alpha value is -2.75. The van der Waals surface area contributed by atoms with Gasteiger partial charge in [-0.2, -0.15) is 5.10 Å². The molecule has 0 radical (unpaired) electrons. The molecule has 0 saturated carbocycles. The molecule has 1 saturated heterocycles. The van der Waals surface area contributed by atoms with E-state index >= 15 is 0 Å². The molecule has 13 heteroatoms. The Labute approximate surface area is 391 Å². The molecule has 1 aliphatic rings. The topological polar surface area (TPSA) is 188 Å². The highest BCUT2D eigenvalue weighted by atomic mass is 16.7. The highest BCUT2D eigenvalue weighted by Gasteiger charge is 2.45. The van der Waals surface area contributed by atoms with Crippen molar-refractivity contribution in [2.45, 2.75) is 249 Å². The van der Waals surface area contributed by atoms with E-state index in [-0.39, 0.29) is 6.61 Å². The van der Waals surface area contributed by atoms with Crippen LogP contribution in [-0.2, 0) is 35.3 Å². The predicted molar refractivity (Wildman–Crippen MR) is 256 cm³/mol. The maximum absolute atomic E-state index is 11.7. The summed E-state index contributed by atoms with van der Waals surface area (Å²) in [6.45, 7) is 4.22. The minimum atomic E-state index is -1.62. The summed E-state index contributed by atoms with van der Waals surface area (Å²) in [6.07, 6.45) is 30.1. The first kappa shape index (κ1) is 54.9. The van der Waals surface area contributed by atoms with Gasteiger partial charge in [0.2, 0.25) is 0 Å². The van der Waals surface area contributed by atoms with Crippen molar-refractivity contribution >= 4 is 0 Å². The summed E-state index contributed by atoms with van der Waals surface area (Å²) in [5.74, 6) is 0. The van der Waals surface area contributed by atoms with E-state index in [1.54, 1.807) is 23.3 Å². The van der Waals surface area contributed by atoms with Crippen molar-refractivity contribution in [3.8, 4) is 0 Å². The van der Waals surface area contributed by atoms with Gasteiger partial charge in [0.25, 0.3) is 0 Å². The number of ether oxygens (including phenoxy) is 2. The number of hydrogen-bond acceptors (Lipinski definition) is 11. The van der Waals surface area contributed by atoms with Gasteiger partial charge in [0.1, 0.15) is 42.7 Å². The third-order valence-electron chi connectivity index (χ3n) is 13.5. The van der Waals surface area contributed by atoms with Crippen molar-refractivity contribution in [2.24, 2.45) is 0 Å². The standard InChI is InChI=1S/C52H89N5O8/c1-3-5-6-7-8-9-10-11-12-13-14-15-16-17-18-19-20-21-22-23-24-27-30-44-38-57(55-54-44)45(40-64-52-51(63)50(62)49(61)46(39-58)65-52)48(60)47(59)43-36-53-56(37-43)35-28-25-26-29-42-33-31-41(4-2)32-34-42/h31-34,36-38,45-52,58-63H,3-30,35,39-40H2,1-2H3/t45-,46+,47+,48-,49-,50-,51+,52-/m0/s1. The molecule has 13 nitrogen and oxygen atoms in total. The van der Waals surface area contributed by atoms with Crippen molar-refractivity contribution in [1.82, 2.24) is 24.8 Å². The zero-order valence-electron chi connectivity index (χ0n) is 40.3. The van der Waals surface area contributed by atoms with Crippen LogP contribution in [0.15, 0.2) is 42.9 Å². The molecule has 65 heavy (non-hydrogen) atoms. The maximum atomic E-state index is 11.7. The van der Waals surface area contributed by atoms with Crippen molar-refractivity contribution in [3.63, 3.8) is 0 Å². The van der Waals surface area contributed by atoms with Crippen LogP contribution in [0, 0.1) is 0 Å². The van der Waals surface area contributed by atoms with Gasteiger partial charge in [-0.1, -0.05) is 185 Å². The molecule has 1 fully saturated rings. The van der Waals surface area contributed by atoms with Crippen LogP contribution in [0.25, 0.3) is 0 Å². The van der Waals surface area contributed by atoms with Crippen LogP contribution in [0.1, 0.15) is 209 Å². The minimum absolute atomic E-state index is 0.293. The molecule has 0 bridgehead atoms. The molecule has 1 aromatic carbocycles. The van der Waals surface area contributed by atoms with Crippen molar-refractivity contribution in [3.05, 3.63) is 65.2 Å². The first-order valence-electron chi connectivity index (χ1n) is 26.0. The van der Waals surface area contributed by atoms with Crippen LogP contribution in [0.4, 0.5) is 0 Å². The Morgan fingerprint density at radius 1 is 0.631 bits per heavy atom. The van der Waals surface area contributed by atoms with E-state index in [1.165, 1.54) is 144 Å². The molecule has 6 N–H and O–H groups in total. The fraction of sp³-hybridized carbons (Fsp3) is 0.788. The van der Waals surface area contributed by atoms with Crippen molar-refractivity contribution in [2.75, 3.05) is 13.2 Å². The Bertz CT molecular complexity index is 1600. The second kappa shape index (κ2) is 32.9. The summed E-state index contributed by atoms with van der Waals surface area (Å²) in [6, 6.07) is 7.82. The van der Waals surface area contributed by atoms with Gasteiger partial charge < -0.3 is 40.1 Å². The lowest BCUT2D eigenvalue weighted by Gasteiger charge is -2.40. The molecular weight excluding hydrogens is 823 g/mol. The zero-order chi connectivity index (χ0) is 46.5. The Morgan fingerprint density at radius 3 is 1.71 bits per heavy atom. The summed E-state index contributed by atoms with van der Waals surface area (Å²) in [5, 5.41) is 77.1. The lowest BCUT2D eigenvalue weighted by molar-refractivity contribution is -0.304. The van der Waals surface area contributed by atoms with E-state index in [0.717, 1.165) is 57.1 Å². The summed E-state index contributed by atoms with van der Waals surface area (Å²) in [4.78, 5) is 0. The average Bonchev–Trinajstić information content (AvgIpc) is 4.00. The minimum Gasteiger partial charge on any atom is -0.394 e. The highest BCUT2D eigenvalue weighted by molar-refractivity contribution is 5.22. The number of aliphatic hydroxyl groups is 6. The Balaban J connectivity index is 1.15. The fourth-order valence-electron chi connectivity index (χ4n) is 9.02. The largest absolute Gasteiger partial charge is 0.394 e. The summed E-state index contributed by atoms with van der Waals surface area (Å²) in [5.41, 5.74) is 3.87. The summed E-state index contributed by atoms with van der Waals surface area (Å²) in [7, 11) is 0. The number of rotatable bonds is 38. The molecule has 370 valence electrons. The molecule has 3 heterocycles. The van der Waals surface area contributed by atoms with Gasteiger partial charge in [-0.25, -0.2) is 4.68 Å². The van der Waals surface area contributed by atoms with Crippen LogP contribution in [0.5, 0.6) is 0 Å². The smallest absolute Gasteiger partial charge is 0.186 e. The van der Waals surface area contributed by atoms with E-state index in [9.17, 15) is 30.6 Å². The Kier molecular flexibility index (Phi) is 27.7. The van der Waals surface area contributed by atoms with Crippen LogP contribution in [0.2, 0.25) is 0 Å². The number of aromatic nitrogens is 5. The highest BCUT2D eigenvalue weighted by Crippen LogP contribution is 2.29. The molecule has 3 aromatic rings. The second-order valence-corrected chi connectivity index (χ2v) is 18.9. The number of nitrogens with zero attached hydrogens (tertiary/aromatic N) is 5. The van der Waals surface area contributed by atoms with E-state index < -0.39 is 55.6 Å². The normalized spacial score (nSPS) is 20.3. The quantitative estimate of drug-likeness (QED) is 0.0301. The molecule has 0 unspecified atom stereocenters. The molecule has 2 aromatic heterocycles. The SMILES string of the molecule is CCCCCCCCCCCCCCCCCCCCCCCCc1cn([C@@H](CO[C@H]2O[C@H](CO)[C@H](O)[C@H](O)[C@H]2O)[C@H](O)[C@H](O)c2cnn(CCCCCc3ccc(CC)cc3)c2)nn1. The first-order valence-corrected chi connectivity index (χ1v) is 26.0. The predicted octanol–water partition coefficient (Wildman–Crippen LogP) is 9.05. The van der Waals surface area contributed by atoms with Crippen molar-refractivity contribution in [1.29, 1.82) is 0 Å². The van der Waals surface area contributed by atoms with E-state index in [0.29, 0.717) is 12.1 Å². The van der Waals surface area contributed by atoms with Crippen LogP contribution < -0.4 is 0 Å². The molecule has 1 aliphatic heterocycles. The molecule has 8 atom stereocenters. The molecule has 0 aliphatic carbocycles. The third-order valence-corrected chi connectivity index (χ3v) is 13.5. The lowest BCUT2D eigenvalue weighted by Crippen LogP contribution is -2.59. The fourth-order valence-corrected chi connectivity index (χ4v) is 9.02. The molecule has 0 spiro atoms. The van der Waals surface area contributed by atoms with E-state index in [1.807, 2.05) is 0 Å². The van der Waals surface area contributed by atoms with Gasteiger partial charge in [0.05, 0.1) is 25.1 Å². The molecule has 4 rings (SSSR count). The van der Waals surface area contributed by atoms with Gasteiger partial charge in [-0.05, 0) is 49.7 Å². The number of benzene rings is 1. The lowest BCUT2D eigenvalue weighted by atomic mass is 9.99. The Morgan fingerprint density at radius 2 is 1.15 bits per heavy atom. The van der Waals surface area contributed by atoms with E-state index in [4.69, 9.17) is 9.47 Å². The van der Waals surface area contributed by atoms with Crippen LogP contribution in [-0.4, -0.2) is 105 Å².